The fraction of sp³-hybridized carbons (Fsp3) is 0.250. The van der Waals surface area contributed by atoms with Crippen LogP contribution in [0.5, 0.6) is 5.19 Å². The van der Waals surface area contributed by atoms with Gasteiger partial charge in [-0.25, -0.2) is 4.98 Å². The number of methoxy groups -OCH3 is 1. The van der Waals surface area contributed by atoms with Crippen LogP contribution in [-0.2, 0) is 12.8 Å². The number of alkyl halides is 3. The third-order valence-corrected chi connectivity index (χ3v) is 3.48. The molecule has 1 N–H and O–H groups in total. The first kappa shape index (κ1) is 13.8. The molecular weight excluding hydrogens is 279 g/mol. The number of benzene rings is 1. The monoisotopic (exact) mass is 289 g/mol. The van der Waals surface area contributed by atoms with Crippen LogP contribution >= 0.6 is 11.3 Å². The van der Waals surface area contributed by atoms with E-state index in [0.29, 0.717) is 4.88 Å². The van der Waals surface area contributed by atoms with Crippen molar-refractivity contribution in [3.8, 4) is 16.5 Å². The number of aliphatic hydroxyl groups excluding tert-OH is 1. The zero-order valence-electron chi connectivity index (χ0n) is 9.86. The summed E-state index contributed by atoms with van der Waals surface area (Å²) in [4.78, 5) is 4.32. The van der Waals surface area contributed by atoms with Crippen LogP contribution in [0.25, 0.3) is 11.3 Å². The lowest BCUT2D eigenvalue weighted by Gasteiger charge is -2.11. The average Bonchev–Trinajstić information content (AvgIpc) is 2.81. The number of halogens is 3. The molecule has 2 rings (SSSR count). The fourth-order valence-corrected chi connectivity index (χ4v) is 2.42. The van der Waals surface area contributed by atoms with Gasteiger partial charge in [0.1, 0.15) is 0 Å². The summed E-state index contributed by atoms with van der Waals surface area (Å²) in [5.41, 5.74) is -0.728. The molecule has 0 saturated carbocycles. The van der Waals surface area contributed by atoms with E-state index in [1.807, 2.05) is 0 Å². The van der Waals surface area contributed by atoms with E-state index in [2.05, 4.69) is 4.98 Å². The van der Waals surface area contributed by atoms with Gasteiger partial charge in [0.25, 0.3) is 5.19 Å². The highest BCUT2D eigenvalue weighted by Crippen LogP contribution is 2.40. The summed E-state index contributed by atoms with van der Waals surface area (Å²) in [6.07, 6.45) is -4.47. The van der Waals surface area contributed by atoms with Crippen LogP contribution in [-0.4, -0.2) is 17.2 Å². The van der Waals surface area contributed by atoms with Crippen molar-refractivity contribution in [3.63, 3.8) is 0 Å². The predicted octanol–water partition coefficient (Wildman–Crippen LogP) is 3.33. The van der Waals surface area contributed by atoms with Crippen LogP contribution in [0.4, 0.5) is 13.2 Å². The largest absolute Gasteiger partial charge is 0.473 e. The molecule has 0 bridgehead atoms. The van der Waals surface area contributed by atoms with Crippen LogP contribution in [0, 0.1) is 0 Å². The molecule has 1 heterocycles. The van der Waals surface area contributed by atoms with E-state index in [0.717, 1.165) is 17.4 Å². The molecule has 7 heteroatoms. The highest BCUT2D eigenvalue weighted by atomic mass is 32.1. The van der Waals surface area contributed by atoms with E-state index in [4.69, 9.17) is 4.74 Å². The van der Waals surface area contributed by atoms with Gasteiger partial charge in [0.05, 0.1) is 29.9 Å². The highest BCUT2D eigenvalue weighted by molar-refractivity contribution is 7.13. The normalized spacial score (nSPS) is 11.6. The first-order valence-corrected chi connectivity index (χ1v) is 6.10. The molecule has 0 fully saturated rings. The minimum atomic E-state index is -4.47. The summed E-state index contributed by atoms with van der Waals surface area (Å²) in [5, 5.41) is 9.43. The number of aromatic nitrogens is 1. The van der Waals surface area contributed by atoms with Crippen molar-refractivity contribution in [2.24, 2.45) is 0 Å². The van der Waals surface area contributed by atoms with Crippen LogP contribution in [0.3, 0.4) is 0 Å². The van der Waals surface area contributed by atoms with Gasteiger partial charge in [-0.05, 0) is 6.07 Å². The molecule has 1 aromatic carbocycles. The zero-order chi connectivity index (χ0) is 14.0. The van der Waals surface area contributed by atoms with Crippen molar-refractivity contribution < 1.29 is 23.0 Å². The Labute approximate surface area is 111 Å². The highest BCUT2D eigenvalue weighted by Gasteiger charge is 2.34. The molecule has 0 spiro atoms. The Balaban J connectivity index is 2.62. The lowest BCUT2D eigenvalue weighted by molar-refractivity contribution is -0.137. The zero-order valence-corrected chi connectivity index (χ0v) is 10.7. The molecule has 0 amide bonds. The summed E-state index contributed by atoms with van der Waals surface area (Å²) in [6.45, 7) is -0.386. The quantitative estimate of drug-likeness (QED) is 0.942. The summed E-state index contributed by atoms with van der Waals surface area (Å²) < 4.78 is 43.7. The number of thiazole rings is 1. The van der Waals surface area contributed by atoms with E-state index in [-0.39, 0.29) is 23.1 Å². The first-order valence-electron chi connectivity index (χ1n) is 5.28. The molecular formula is C12H10F3NO2S. The van der Waals surface area contributed by atoms with Crippen LogP contribution in [0.1, 0.15) is 10.4 Å². The van der Waals surface area contributed by atoms with Gasteiger partial charge in [0, 0.05) is 5.56 Å². The molecule has 2 aromatic rings. The van der Waals surface area contributed by atoms with E-state index in [9.17, 15) is 18.3 Å². The van der Waals surface area contributed by atoms with Crippen LogP contribution < -0.4 is 4.74 Å². The Hall–Kier alpha value is -1.60. The maximum absolute atomic E-state index is 12.9. The molecule has 1 aromatic heterocycles. The van der Waals surface area contributed by atoms with Crippen LogP contribution in [0.2, 0.25) is 0 Å². The third kappa shape index (κ3) is 2.71. The number of ether oxygens (including phenoxy) is 1. The number of rotatable bonds is 3. The average molecular weight is 289 g/mol. The predicted molar refractivity (Wildman–Crippen MR) is 65.0 cm³/mol. The Bertz CT molecular complexity index is 581. The van der Waals surface area contributed by atoms with Crippen molar-refractivity contribution in [1.82, 2.24) is 4.98 Å². The second kappa shape index (κ2) is 5.18. The van der Waals surface area contributed by atoms with Crippen LogP contribution in [0.15, 0.2) is 24.3 Å². The summed E-state index contributed by atoms with van der Waals surface area (Å²) in [7, 11) is 1.37. The Morgan fingerprint density at radius 1 is 1.32 bits per heavy atom. The maximum atomic E-state index is 12.9. The van der Waals surface area contributed by atoms with Gasteiger partial charge >= 0.3 is 6.18 Å². The molecule has 0 saturated heterocycles. The molecule has 0 atom stereocenters. The molecule has 0 radical (unpaired) electrons. The van der Waals surface area contributed by atoms with Crippen molar-refractivity contribution in [1.29, 1.82) is 0 Å². The lowest BCUT2D eigenvalue weighted by atomic mass is 10.0. The van der Waals surface area contributed by atoms with Gasteiger partial charge in [-0.15, -0.1) is 0 Å². The lowest BCUT2D eigenvalue weighted by Crippen LogP contribution is -2.07. The number of nitrogens with zero attached hydrogens (tertiary/aromatic N) is 1. The van der Waals surface area contributed by atoms with E-state index < -0.39 is 11.7 Å². The van der Waals surface area contributed by atoms with Crippen molar-refractivity contribution in [3.05, 3.63) is 34.7 Å². The molecule has 0 aliphatic heterocycles. The second-order valence-electron chi connectivity index (χ2n) is 3.66. The summed E-state index contributed by atoms with van der Waals surface area (Å²) >= 11 is 1.02. The summed E-state index contributed by atoms with van der Waals surface area (Å²) in [5.74, 6) is 0. The molecule has 0 unspecified atom stereocenters. The van der Waals surface area contributed by atoms with E-state index >= 15 is 0 Å². The molecule has 0 aliphatic carbocycles. The smallest absolute Gasteiger partial charge is 0.417 e. The number of aliphatic hydroxyl groups is 1. The third-order valence-electron chi connectivity index (χ3n) is 2.48. The van der Waals surface area contributed by atoms with Gasteiger partial charge < -0.3 is 9.84 Å². The minimum Gasteiger partial charge on any atom is -0.473 e. The van der Waals surface area contributed by atoms with Gasteiger partial charge in [-0.1, -0.05) is 29.5 Å². The van der Waals surface area contributed by atoms with Crippen molar-refractivity contribution in [2.75, 3.05) is 7.11 Å². The molecule has 102 valence electrons. The van der Waals surface area contributed by atoms with Gasteiger partial charge in [-0.3, -0.25) is 0 Å². The molecule has 3 nitrogen and oxygen atoms in total. The molecule has 0 aliphatic rings. The van der Waals surface area contributed by atoms with E-state index in [1.165, 1.54) is 25.3 Å². The SMILES string of the molecule is COc1nc(-c2ccccc2C(F)(F)F)c(CO)s1. The Morgan fingerprint density at radius 3 is 2.58 bits per heavy atom. The Kier molecular flexibility index (Phi) is 3.77. The fourth-order valence-electron chi connectivity index (χ4n) is 1.67. The van der Waals surface area contributed by atoms with Gasteiger partial charge in [0.15, 0.2) is 0 Å². The topological polar surface area (TPSA) is 42.4 Å². The standard InChI is InChI=1S/C12H10F3NO2S/c1-18-11-16-10(9(6-17)19-11)7-4-2-3-5-8(7)12(13,14)15/h2-5,17H,6H2,1H3. The Morgan fingerprint density at radius 2 is 2.00 bits per heavy atom. The first-order chi connectivity index (χ1) is 8.97. The van der Waals surface area contributed by atoms with Gasteiger partial charge in [0.2, 0.25) is 0 Å². The second-order valence-corrected chi connectivity index (χ2v) is 4.70. The van der Waals surface area contributed by atoms with Gasteiger partial charge in [-0.2, -0.15) is 13.2 Å². The number of hydrogen-bond donors (Lipinski definition) is 1. The van der Waals surface area contributed by atoms with E-state index in [1.54, 1.807) is 0 Å². The molecule has 19 heavy (non-hydrogen) atoms. The maximum Gasteiger partial charge on any atom is 0.417 e. The number of hydrogen-bond acceptors (Lipinski definition) is 4. The minimum absolute atomic E-state index is 0.0569. The summed E-state index contributed by atoms with van der Waals surface area (Å²) in [6, 6.07) is 5.13. The van der Waals surface area contributed by atoms with Crippen molar-refractivity contribution >= 4 is 11.3 Å². The van der Waals surface area contributed by atoms with Crippen molar-refractivity contribution in [2.45, 2.75) is 12.8 Å².